The van der Waals surface area contributed by atoms with Crippen molar-refractivity contribution < 1.29 is 8.42 Å². The summed E-state index contributed by atoms with van der Waals surface area (Å²) in [5, 5.41) is 3.26. The summed E-state index contributed by atoms with van der Waals surface area (Å²) in [7, 11) is -1.06. The zero-order valence-electron chi connectivity index (χ0n) is 10.7. The Bertz CT molecular complexity index is 319. The Labute approximate surface area is 98.8 Å². The van der Waals surface area contributed by atoms with E-state index in [0.717, 1.165) is 19.6 Å². The van der Waals surface area contributed by atoms with Crippen LogP contribution in [0, 0.1) is 0 Å². The molecule has 1 heterocycles. The molecule has 0 amide bonds. The van der Waals surface area contributed by atoms with Gasteiger partial charge < -0.3 is 5.32 Å². The first-order chi connectivity index (χ1) is 7.24. The van der Waals surface area contributed by atoms with E-state index < -0.39 is 10.0 Å². The van der Waals surface area contributed by atoms with Crippen LogP contribution in [0.25, 0.3) is 0 Å². The number of hydrogen-bond donors (Lipinski definition) is 1. The highest BCUT2D eigenvalue weighted by molar-refractivity contribution is 7.88. The number of piperazine rings is 1. The van der Waals surface area contributed by atoms with Gasteiger partial charge >= 0.3 is 0 Å². The predicted octanol–water partition coefficient (Wildman–Crippen LogP) is -0.438. The molecule has 0 saturated carbocycles. The maximum Gasteiger partial charge on any atom is 0.211 e. The summed E-state index contributed by atoms with van der Waals surface area (Å²) in [6.45, 7) is 8.10. The standard InChI is InChI=1S/C10H23N3O2S/c1-10(2,11-3)9-12-5-7-13(8-6-12)16(4,14)15/h11H,5-9H2,1-4H3. The topological polar surface area (TPSA) is 52.6 Å². The van der Waals surface area contributed by atoms with Gasteiger partial charge in [0.05, 0.1) is 6.26 Å². The summed E-state index contributed by atoms with van der Waals surface area (Å²) in [5.74, 6) is 0. The Hall–Kier alpha value is -0.170. The first-order valence-electron chi connectivity index (χ1n) is 5.61. The summed E-state index contributed by atoms with van der Waals surface area (Å²) in [4.78, 5) is 2.30. The van der Waals surface area contributed by atoms with E-state index in [4.69, 9.17) is 0 Å². The third-order valence-electron chi connectivity index (χ3n) is 3.10. The molecule has 0 aromatic rings. The zero-order chi connectivity index (χ0) is 12.4. The molecule has 0 aliphatic carbocycles. The largest absolute Gasteiger partial charge is 0.314 e. The van der Waals surface area contributed by atoms with Gasteiger partial charge in [-0.2, -0.15) is 4.31 Å². The van der Waals surface area contributed by atoms with Crippen molar-refractivity contribution in [2.24, 2.45) is 0 Å². The van der Waals surface area contributed by atoms with Crippen molar-refractivity contribution in [2.45, 2.75) is 19.4 Å². The molecule has 1 aliphatic rings. The average molecular weight is 249 g/mol. The van der Waals surface area contributed by atoms with Gasteiger partial charge in [-0.05, 0) is 20.9 Å². The number of sulfonamides is 1. The van der Waals surface area contributed by atoms with Crippen LogP contribution in [-0.4, -0.2) is 69.2 Å². The van der Waals surface area contributed by atoms with E-state index in [-0.39, 0.29) is 5.54 Å². The van der Waals surface area contributed by atoms with Gasteiger partial charge in [0.15, 0.2) is 0 Å². The fraction of sp³-hybridized carbons (Fsp3) is 1.00. The van der Waals surface area contributed by atoms with Gasteiger partial charge in [0, 0.05) is 38.3 Å². The highest BCUT2D eigenvalue weighted by Crippen LogP contribution is 2.10. The van der Waals surface area contributed by atoms with E-state index in [2.05, 4.69) is 24.1 Å². The Balaban J connectivity index is 2.44. The Morgan fingerprint density at radius 2 is 1.69 bits per heavy atom. The molecule has 1 rings (SSSR count). The molecule has 0 atom stereocenters. The second-order valence-electron chi connectivity index (χ2n) is 5.07. The summed E-state index contributed by atoms with van der Waals surface area (Å²) < 4.78 is 24.2. The number of hydrogen-bond acceptors (Lipinski definition) is 4. The Kier molecular flexibility index (Phi) is 4.34. The molecular formula is C10H23N3O2S. The summed E-state index contributed by atoms with van der Waals surface area (Å²) in [6, 6.07) is 0. The molecule has 0 spiro atoms. The molecule has 1 aliphatic heterocycles. The van der Waals surface area contributed by atoms with Crippen LogP contribution in [0.1, 0.15) is 13.8 Å². The lowest BCUT2D eigenvalue weighted by atomic mass is 10.1. The van der Waals surface area contributed by atoms with Crippen LogP contribution in [0.15, 0.2) is 0 Å². The fourth-order valence-electron chi connectivity index (χ4n) is 1.86. The molecular weight excluding hydrogens is 226 g/mol. The third kappa shape index (κ3) is 4.01. The van der Waals surface area contributed by atoms with Crippen molar-refractivity contribution in [1.82, 2.24) is 14.5 Å². The van der Waals surface area contributed by atoms with Crippen LogP contribution in [0.4, 0.5) is 0 Å². The molecule has 1 N–H and O–H groups in total. The van der Waals surface area contributed by atoms with E-state index in [1.54, 1.807) is 4.31 Å². The second kappa shape index (κ2) is 5.00. The second-order valence-corrected chi connectivity index (χ2v) is 7.05. The van der Waals surface area contributed by atoms with Gasteiger partial charge in [0.2, 0.25) is 10.0 Å². The SMILES string of the molecule is CNC(C)(C)CN1CCN(S(C)(=O)=O)CC1. The van der Waals surface area contributed by atoms with Crippen LogP contribution < -0.4 is 5.32 Å². The lowest BCUT2D eigenvalue weighted by Crippen LogP contribution is -2.54. The van der Waals surface area contributed by atoms with Crippen LogP contribution >= 0.6 is 0 Å². The minimum absolute atomic E-state index is 0.0766. The van der Waals surface area contributed by atoms with E-state index >= 15 is 0 Å². The molecule has 1 saturated heterocycles. The van der Waals surface area contributed by atoms with Gasteiger partial charge in [-0.3, -0.25) is 4.90 Å². The number of likely N-dealkylation sites (N-methyl/N-ethyl adjacent to an activating group) is 1. The van der Waals surface area contributed by atoms with Gasteiger partial charge in [0.1, 0.15) is 0 Å². The predicted molar refractivity (Wildman–Crippen MR) is 66.0 cm³/mol. The highest BCUT2D eigenvalue weighted by Gasteiger charge is 2.26. The minimum Gasteiger partial charge on any atom is -0.314 e. The first kappa shape index (κ1) is 13.9. The first-order valence-corrected chi connectivity index (χ1v) is 7.46. The van der Waals surface area contributed by atoms with Gasteiger partial charge in [-0.1, -0.05) is 0 Å². The molecule has 0 aromatic carbocycles. The van der Waals surface area contributed by atoms with Gasteiger partial charge in [-0.15, -0.1) is 0 Å². The van der Waals surface area contributed by atoms with E-state index in [1.807, 2.05) is 7.05 Å². The molecule has 16 heavy (non-hydrogen) atoms. The monoisotopic (exact) mass is 249 g/mol. The summed E-state index contributed by atoms with van der Waals surface area (Å²) in [6.07, 6.45) is 1.28. The van der Waals surface area contributed by atoms with Crippen LogP contribution in [0.2, 0.25) is 0 Å². The Morgan fingerprint density at radius 3 is 2.06 bits per heavy atom. The summed E-state index contributed by atoms with van der Waals surface area (Å²) >= 11 is 0. The van der Waals surface area contributed by atoms with Crippen LogP contribution in [0.5, 0.6) is 0 Å². The van der Waals surface area contributed by atoms with E-state index in [1.165, 1.54) is 6.26 Å². The Morgan fingerprint density at radius 1 is 1.19 bits per heavy atom. The molecule has 0 bridgehead atoms. The number of nitrogens with one attached hydrogen (secondary N) is 1. The molecule has 6 heteroatoms. The molecule has 0 aromatic heterocycles. The smallest absolute Gasteiger partial charge is 0.211 e. The van der Waals surface area contributed by atoms with E-state index in [0.29, 0.717) is 13.1 Å². The average Bonchev–Trinajstić information content (AvgIpc) is 2.16. The van der Waals surface area contributed by atoms with Gasteiger partial charge in [-0.25, -0.2) is 8.42 Å². The van der Waals surface area contributed by atoms with Crippen molar-refractivity contribution >= 4 is 10.0 Å². The molecule has 0 radical (unpaired) electrons. The van der Waals surface area contributed by atoms with Crippen molar-refractivity contribution in [2.75, 3.05) is 46.0 Å². The minimum atomic E-state index is -3.01. The molecule has 96 valence electrons. The van der Waals surface area contributed by atoms with Crippen molar-refractivity contribution in [1.29, 1.82) is 0 Å². The lowest BCUT2D eigenvalue weighted by molar-refractivity contribution is 0.152. The zero-order valence-corrected chi connectivity index (χ0v) is 11.5. The van der Waals surface area contributed by atoms with Crippen molar-refractivity contribution in [3.05, 3.63) is 0 Å². The van der Waals surface area contributed by atoms with Crippen LogP contribution in [-0.2, 0) is 10.0 Å². The quantitative estimate of drug-likeness (QED) is 0.734. The lowest BCUT2D eigenvalue weighted by Gasteiger charge is -2.37. The number of nitrogens with zero attached hydrogens (tertiary/aromatic N) is 2. The third-order valence-corrected chi connectivity index (χ3v) is 4.40. The maximum atomic E-state index is 11.3. The van der Waals surface area contributed by atoms with Crippen LogP contribution in [0.3, 0.4) is 0 Å². The maximum absolute atomic E-state index is 11.3. The fourth-order valence-corrected chi connectivity index (χ4v) is 2.68. The van der Waals surface area contributed by atoms with Crippen molar-refractivity contribution in [3.8, 4) is 0 Å². The summed E-state index contributed by atoms with van der Waals surface area (Å²) in [5.41, 5.74) is 0.0766. The number of rotatable bonds is 4. The normalized spacial score (nSPS) is 21.2. The molecule has 0 unspecified atom stereocenters. The molecule has 1 fully saturated rings. The van der Waals surface area contributed by atoms with Gasteiger partial charge in [0.25, 0.3) is 0 Å². The highest BCUT2D eigenvalue weighted by atomic mass is 32.2. The molecule has 5 nitrogen and oxygen atoms in total. The van der Waals surface area contributed by atoms with Crippen molar-refractivity contribution in [3.63, 3.8) is 0 Å². The van der Waals surface area contributed by atoms with E-state index in [9.17, 15) is 8.42 Å².